The van der Waals surface area contributed by atoms with Gasteiger partial charge in [0.05, 0.1) is 12.7 Å². The number of rotatable bonds is 6. The largest absolute Gasteiger partial charge is 0.323 e. The molecule has 1 aliphatic heterocycles. The molecule has 94 valence electrons. The Morgan fingerprint density at radius 2 is 2.06 bits per heavy atom. The molecule has 3 nitrogen and oxygen atoms in total. The number of carbonyl (C=O) groups is 1. The minimum absolute atomic E-state index is 0.265. The lowest BCUT2D eigenvalue weighted by Gasteiger charge is -2.30. The standard InChI is InChI=1S/C13H26N2O/c1-5-12-14-9-13(16)15(12)11(4)8-6-7-10(2)3/h10-12,14H,5-9H2,1-4H3. The predicted octanol–water partition coefficient (Wildman–Crippen LogP) is 2.37. The third-order valence-corrected chi connectivity index (χ3v) is 3.38. The molecule has 1 heterocycles. The molecule has 1 aliphatic rings. The van der Waals surface area contributed by atoms with Gasteiger partial charge in [0, 0.05) is 6.04 Å². The van der Waals surface area contributed by atoms with Gasteiger partial charge in [-0.05, 0) is 25.7 Å². The lowest BCUT2D eigenvalue weighted by molar-refractivity contribution is -0.130. The van der Waals surface area contributed by atoms with E-state index in [1.807, 2.05) is 4.90 Å². The van der Waals surface area contributed by atoms with Crippen LogP contribution in [0.25, 0.3) is 0 Å². The van der Waals surface area contributed by atoms with E-state index in [-0.39, 0.29) is 12.1 Å². The van der Waals surface area contributed by atoms with E-state index in [0.29, 0.717) is 12.6 Å². The number of hydrogen-bond donors (Lipinski definition) is 1. The summed E-state index contributed by atoms with van der Waals surface area (Å²) in [4.78, 5) is 13.8. The van der Waals surface area contributed by atoms with E-state index in [9.17, 15) is 4.79 Å². The summed E-state index contributed by atoms with van der Waals surface area (Å²) in [6.45, 7) is 9.33. The molecule has 1 N–H and O–H groups in total. The predicted molar refractivity (Wildman–Crippen MR) is 67.1 cm³/mol. The van der Waals surface area contributed by atoms with Crippen molar-refractivity contribution < 1.29 is 4.79 Å². The van der Waals surface area contributed by atoms with E-state index >= 15 is 0 Å². The van der Waals surface area contributed by atoms with E-state index in [1.165, 1.54) is 12.8 Å². The van der Waals surface area contributed by atoms with Gasteiger partial charge >= 0.3 is 0 Å². The molecule has 0 aromatic carbocycles. The SMILES string of the molecule is CCC1NCC(=O)N1C(C)CCCC(C)C. The topological polar surface area (TPSA) is 32.3 Å². The fraction of sp³-hybridized carbons (Fsp3) is 0.923. The lowest BCUT2D eigenvalue weighted by atomic mass is 10.0. The highest BCUT2D eigenvalue weighted by Crippen LogP contribution is 2.18. The molecule has 1 saturated heterocycles. The zero-order chi connectivity index (χ0) is 12.1. The van der Waals surface area contributed by atoms with Crippen LogP contribution >= 0.6 is 0 Å². The van der Waals surface area contributed by atoms with E-state index < -0.39 is 0 Å². The Morgan fingerprint density at radius 1 is 1.38 bits per heavy atom. The van der Waals surface area contributed by atoms with Gasteiger partial charge in [0.25, 0.3) is 0 Å². The summed E-state index contributed by atoms with van der Waals surface area (Å²) in [6, 6.07) is 0.381. The zero-order valence-electron chi connectivity index (χ0n) is 11.1. The average Bonchev–Trinajstić information content (AvgIpc) is 2.58. The van der Waals surface area contributed by atoms with Crippen molar-refractivity contribution in [1.82, 2.24) is 10.2 Å². The van der Waals surface area contributed by atoms with Gasteiger partial charge in [0.15, 0.2) is 0 Å². The Kier molecular flexibility index (Phi) is 5.26. The summed E-state index contributed by atoms with van der Waals surface area (Å²) in [6.07, 6.45) is 4.87. The van der Waals surface area contributed by atoms with Gasteiger partial charge in [-0.2, -0.15) is 0 Å². The van der Waals surface area contributed by atoms with Crippen molar-refractivity contribution in [3.63, 3.8) is 0 Å². The van der Waals surface area contributed by atoms with E-state index in [4.69, 9.17) is 0 Å². The molecule has 0 radical (unpaired) electrons. The first-order valence-electron chi connectivity index (χ1n) is 6.60. The number of carbonyl (C=O) groups excluding carboxylic acids is 1. The number of nitrogens with zero attached hydrogens (tertiary/aromatic N) is 1. The minimum atomic E-state index is 0.265. The second-order valence-corrected chi connectivity index (χ2v) is 5.28. The molecular formula is C13H26N2O. The molecule has 0 aromatic rings. The Morgan fingerprint density at radius 3 is 2.62 bits per heavy atom. The quantitative estimate of drug-likeness (QED) is 0.754. The van der Waals surface area contributed by atoms with Crippen molar-refractivity contribution in [2.75, 3.05) is 6.54 Å². The molecule has 1 amide bonds. The van der Waals surface area contributed by atoms with Crippen molar-refractivity contribution in [2.45, 2.75) is 65.6 Å². The first-order chi connectivity index (χ1) is 7.56. The Labute approximate surface area is 99.6 Å². The van der Waals surface area contributed by atoms with Crippen LogP contribution in [0.3, 0.4) is 0 Å². The summed E-state index contributed by atoms with van der Waals surface area (Å²) in [5, 5.41) is 3.26. The maximum atomic E-state index is 11.7. The molecule has 0 spiro atoms. The fourth-order valence-electron chi connectivity index (χ4n) is 2.42. The Balaban J connectivity index is 2.39. The van der Waals surface area contributed by atoms with Crippen molar-refractivity contribution >= 4 is 5.91 Å². The molecule has 3 heteroatoms. The highest BCUT2D eigenvalue weighted by molar-refractivity contribution is 5.80. The molecular weight excluding hydrogens is 200 g/mol. The van der Waals surface area contributed by atoms with Gasteiger partial charge in [-0.3, -0.25) is 10.1 Å². The van der Waals surface area contributed by atoms with Gasteiger partial charge in [-0.25, -0.2) is 0 Å². The molecule has 0 saturated carbocycles. The molecule has 0 bridgehead atoms. The van der Waals surface area contributed by atoms with Crippen LogP contribution in [0.1, 0.15) is 53.4 Å². The third kappa shape index (κ3) is 3.48. The highest BCUT2D eigenvalue weighted by Gasteiger charge is 2.32. The molecule has 2 atom stereocenters. The monoisotopic (exact) mass is 226 g/mol. The maximum Gasteiger partial charge on any atom is 0.238 e. The van der Waals surface area contributed by atoms with Gasteiger partial charge in [0.1, 0.15) is 0 Å². The summed E-state index contributed by atoms with van der Waals surface area (Å²) >= 11 is 0. The summed E-state index contributed by atoms with van der Waals surface area (Å²) in [5.41, 5.74) is 0. The first-order valence-corrected chi connectivity index (χ1v) is 6.60. The lowest BCUT2D eigenvalue weighted by Crippen LogP contribution is -2.42. The van der Waals surface area contributed by atoms with Crippen molar-refractivity contribution in [3.05, 3.63) is 0 Å². The Bertz CT molecular complexity index is 228. The van der Waals surface area contributed by atoms with Crippen molar-refractivity contribution in [2.24, 2.45) is 5.92 Å². The zero-order valence-corrected chi connectivity index (χ0v) is 11.1. The van der Waals surface area contributed by atoms with Crippen LogP contribution < -0.4 is 5.32 Å². The molecule has 0 aliphatic carbocycles. The van der Waals surface area contributed by atoms with Crippen molar-refractivity contribution in [3.8, 4) is 0 Å². The van der Waals surface area contributed by atoms with Crippen LogP contribution in [-0.4, -0.2) is 29.6 Å². The highest BCUT2D eigenvalue weighted by atomic mass is 16.2. The van der Waals surface area contributed by atoms with Crippen LogP contribution in [0.5, 0.6) is 0 Å². The molecule has 2 unspecified atom stereocenters. The van der Waals surface area contributed by atoms with Crippen LogP contribution in [0.2, 0.25) is 0 Å². The van der Waals surface area contributed by atoms with Gasteiger partial charge in [-0.15, -0.1) is 0 Å². The maximum absolute atomic E-state index is 11.7. The van der Waals surface area contributed by atoms with E-state index in [0.717, 1.165) is 18.8 Å². The number of amides is 1. The minimum Gasteiger partial charge on any atom is -0.323 e. The smallest absolute Gasteiger partial charge is 0.238 e. The first kappa shape index (κ1) is 13.5. The second-order valence-electron chi connectivity index (χ2n) is 5.28. The normalized spacial score (nSPS) is 23.2. The van der Waals surface area contributed by atoms with Crippen LogP contribution in [0, 0.1) is 5.92 Å². The van der Waals surface area contributed by atoms with Crippen molar-refractivity contribution in [1.29, 1.82) is 0 Å². The number of hydrogen-bond acceptors (Lipinski definition) is 2. The van der Waals surface area contributed by atoms with Crippen LogP contribution in [-0.2, 0) is 4.79 Å². The van der Waals surface area contributed by atoms with Gasteiger partial charge in [-0.1, -0.05) is 33.6 Å². The van der Waals surface area contributed by atoms with Crippen LogP contribution in [0.15, 0.2) is 0 Å². The van der Waals surface area contributed by atoms with E-state index in [2.05, 4.69) is 33.0 Å². The van der Waals surface area contributed by atoms with Gasteiger partial charge < -0.3 is 4.90 Å². The average molecular weight is 226 g/mol. The fourth-order valence-corrected chi connectivity index (χ4v) is 2.42. The second kappa shape index (κ2) is 6.24. The Hall–Kier alpha value is -0.570. The molecule has 16 heavy (non-hydrogen) atoms. The summed E-state index contributed by atoms with van der Waals surface area (Å²) in [5.74, 6) is 1.03. The summed E-state index contributed by atoms with van der Waals surface area (Å²) < 4.78 is 0. The number of nitrogens with one attached hydrogen (secondary N) is 1. The van der Waals surface area contributed by atoms with Gasteiger partial charge in [0.2, 0.25) is 5.91 Å². The molecule has 1 fully saturated rings. The molecule has 1 rings (SSSR count). The van der Waals surface area contributed by atoms with Crippen LogP contribution in [0.4, 0.5) is 0 Å². The van der Waals surface area contributed by atoms with E-state index in [1.54, 1.807) is 0 Å². The summed E-state index contributed by atoms with van der Waals surface area (Å²) in [7, 11) is 0. The molecule has 0 aromatic heterocycles. The third-order valence-electron chi connectivity index (χ3n) is 3.38.